The van der Waals surface area contributed by atoms with E-state index >= 15 is 0 Å². The van der Waals surface area contributed by atoms with E-state index in [1.165, 1.54) is 4.70 Å². The number of halogens is 2. The van der Waals surface area contributed by atoms with Crippen LogP contribution in [0.5, 0.6) is 0 Å². The van der Waals surface area contributed by atoms with E-state index in [2.05, 4.69) is 44.6 Å². The first-order valence-electron chi connectivity index (χ1n) is 6.18. The second-order valence-corrected chi connectivity index (χ2v) is 6.80. The fourth-order valence-electron chi connectivity index (χ4n) is 2.02. The predicted molar refractivity (Wildman–Crippen MR) is 90.8 cm³/mol. The van der Waals surface area contributed by atoms with Gasteiger partial charge in [0, 0.05) is 15.7 Å². The topological polar surface area (TPSA) is 24.9 Å². The number of hydrogen-bond donors (Lipinski definition) is 1. The molecule has 0 radical (unpaired) electrons. The molecule has 102 valence electrons. The van der Waals surface area contributed by atoms with Gasteiger partial charge in [-0.3, -0.25) is 4.98 Å². The molecule has 0 aliphatic carbocycles. The highest BCUT2D eigenvalue weighted by Gasteiger charge is 2.09. The number of rotatable bonds is 3. The van der Waals surface area contributed by atoms with Crippen molar-refractivity contribution in [2.75, 3.05) is 5.32 Å². The highest BCUT2D eigenvalue weighted by atomic mass is 79.9. The maximum atomic E-state index is 6.04. The van der Waals surface area contributed by atoms with E-state index in [1.807, 2.05) is 30.5 Å². The van der Waals surface area contributed by atoms with Crippen molar-refractivity contribution < 1.29 is 0 Å². The molecular weight excluding hydrogens is 356 g/mol. The van der Waals surface area contributed by atoms with E-state index in [-0.39, 0.29) is 6.04 Å². The lowest BCUT2D eigenvalue weighted by molar-refractivity contribution is 0.879. The van der Waals surface area contributed by atoms with Gasteiger partial charge in [0.05, 0.1) is 21.9 Å². The van der Waals surface area contributed by atoms with Gasteiger partial charge in [-0.1, -0.05) is 11.6 Å². The molecule has 20 heavy (non-hydrogen) atoms. The lowest BCUT2D eigenvalue weighted by Crippen LogP contribution is -2.07. The monoisotopic (exact) mass is 366 g/mol. The van der Waals surface area contributed by atoms with Crippen LogP contribution in [0.15, 0.2) is 46.4 Å². The van der Waals surface area contributed by atoms with Crippen LogP contribution in [0.4, 0.5) is 5.69 Å². The number of thiophene rings is 1. The van der Waals surface area contributed by atoms with Gasteiger partial charge in [0.15, 0.2) is 0 Å². The first-order chi connectivity index (χ1) is 9.63. The highest BCUT2D eigenvalue weighted by molar-refractivity contribution is 9.10. The maximum Gasteiger partial charge on any atom is 0.0809 e. The Kier molecular flexibility index (Phi) is 3.96. The average molecular weight is 368 g/mol. The number of aromatic nitrogens is 1. The van der Waals surface area contributed by atoms with Crippen molar-refractivity contribution in [3.8, 4) is 0 Å². The third kappa shape index (κ3) is 2.82. The van der Waals surface area contributed by atoms with Crippen molar-refractivity contribution in [1.82, 2.24) is 4.98 Å². The predicted octanol–water partition coefficient (Wildman–Crippen LogP) is 5.89. The zero-order valence-electron chi connectivity index (χ0n) is 10.7. The van der Waals surface area contributed by atoms with E-state index in [0.717, 1.165) is 26.3 Å². The lowest BCUT2D eigenvalue weighted by atomic mass is 10.1. The Bertz CT molecular complexity index is 756. The van der Waals surface area contributed by atoms with Gasteiger partial charge >= 0.3 is 0 Å². The molecule has 2 heterocycles. The molecule has 1 aromatic carbocycles. The number of nitrogens with one attached hydrogen (secondary N) is 1. The largest absolute Gasteiger partial charge is 0.378 e. The summed E-state index contributed by atoms with van der Waals surface area (Å²) in [6, 6.07) is 10.1. The summed E-state index contributed by atoms with van der Waals surface area (Å²) in [4.78, 5) is 4.48. The molecule has 5 heteroatoms. The molecule has 3 rings (SSSR count). The molecule has 0 saturated heterocycles. The number of nitrogens with zero attached hydrogens (tertiary/aromatic N) is 1. The minimum atomic E-state index is 0.156. The second-order valence-electron chi connectivity index (χ2n) is 4.56. The van der Waals surface area contributed by atoms with E-state index in [0.29, 0.717) is 0 Å². The summed E-state index contributed by atoms with van der Waals surface area (Å²) in [5, 5.41) is 6.24. The Morgan fingerprint density at radius 2 is 2.15 bits per heavy atom. The fourth-order valence-corrected chi connectivity index (χ4v) is 3.35. The molecule has 0 fully saturated rings. The normalized spacial score (nSPS) is 12.6. The van der Waals surface area contributed by atoms with E-state index in [1.54, 1.807) is 11.3 Å². The minimum absolute atomic E-state index is 0.156. The summed E-state index contributed by atoms with van der Waals surface area (Å²) in [5.41, 5.74) is 3.19. The summed E-state index contributed by atoms with van der Waals surface area (Å²) >= 11 is 11.3. The molecule has 0 bridgehead atoms. The van der Waals surface area contributed by atoms with Gasteiger partial charge in [0.25, 0.3) is 0 Å². The summed E-state index contributed by atoms with van der Waals surface area (Å²) in [7, 11) is 0. The molecule has 0 aliphatic heterocycles. The van der Waals surface area contributed by atoms with Gasteiger partial charge in [0.2, 0.25) is 0 Å². The van der Waals surface area contributed by atoms with Crippen molar-refractivity contribution >= 4 is 54.8 Å². The number of benzene rings is 1. The third-order valence-corrected chi connectivity index (χ3v) is 4.90. The standard InChI is InChI=1S/C15H12BrClN2S/c1-9(19-14-7-11(17)2-3-12(14)16)10-6-15-13(18-8-10)4-5-20-15/h2-9,19H,1H3. The maximum absolute atomic E-state index is 6.04. The molecule has 0 aliphatic rings. The van der Waals surface area contributed by atoms with Crippen LogP contribution in [-0.4, -0.2) is 4.98 Å². The van der Waals surface area contributed by atoms with Crippen molar-refractivity contribution in [1.29, 1.82) is 0 Å². The van der Waals surface area contributed by atoms with Crippen molar-refractivity contribution in [2.24, 2.45) is 0 Å². The summed E-state index contributed by atoms with van der Waals surface area (Å²) in [5.74, 6) is 0. The number of hydrogen-bond acceptors (Lipinski definition) is 3. The molecule has 1 unspecified atom stereocenters. The smallest absolute Gasteiger partial charge is 0.0809 e. The van der Waals surface area contributed by atoms with E-state index in [4.69, 9.17) is 11.6 Å². The van der Waals surface area contributed by atoms with Crippen molar-refractivity contribution in [3.05, 3.63) is 57.0 Å². The molecule has 0 saturated carbocycles. The Hall–Kier alpha value is -1.10. The molecular formula is C15H12BrClN2S. The molecule has 1 atom stereocenters. The Morgan fingerprint density at radius 1 is 1.30 bits per heavy atom. The molecule has 2 aromatic heterocycles. The van der Waals surface area contributed by atoms with Crippen LogP contribution >= 0.6 is 38.9 Å². The van der Waals surface area contributed by atoms with Gasteiger partial charge in [-0.25, -0.2) is 0 Å². The number of pyridine rings is 1. The lowest BCUT2D eigenvalue weighted by Gasteiger charge is -2.17. The second kappa shape index (κ2) is 5.72. The molecule has 0 spiro atoms. The number of fused-ring (bicyclic) bond motifs is 1. The molecule has 1 N–H and O–H groups in total. The summed E-state index contributed by atoms with van der Waals surface area (Å²) in [6.07, 6.45) is 1.92. The Labute approximate surface area is 134 Å². The van der Waals surface area contributed by atoms with Crippen LogP contribution in [0.2, 0.25) is 5.02 Å². The molecule has 2 nitrogen and oxygen atoms in total. The van der Waals surface area contributed by atoms with Crippen LogP contribution < -0.4 is 5.32 Å². The molecule has 3 aromatic rings. The quantitative estimate of drug-likeness (QED) is 0.624. The minimum Gasteiger partial charge on any atom is -0.378 e. The van der Waals surface area contributed by atoms with Gasteiger partial charge in [0.1, 0.15) is 0 Å². The van der Waals surface area contributed by atoms with Crippen LogP contribution in [0.3, 0.4) is 0 Å². The molecule has 0 amide bonds. The first kappa shape index (κ1) is 13.9. The first-order valence-corrected chi connectivity index (χ1v) is 8.23. The van der Waals surface area contributed by atoms with Crippen molar-refractivity contribution in [2.45, 2.75) is 13.0 Å². The van der Waals surface area contributed by atoms with Crippen molar-refractivity contribution in [3.63, 3.8) is 0 Å². The Balaban J connectivity index is 1.88. The zero-order chi connectivity index (χ0) is 14.1. The fraction of sp³-hybridized carbons (Fsp3) is 0.133. The van der Waals surface area contributed by atoms with Crippen LogP contribution in [0, 0.1) is 0 Å². The zero-order valence-corrected chi connectivity index (χ0v) is 13.9. The van der Waals surface area contributed by atoms with Crippen LogP contribution in [0.25, 0.3) is 10.2 Å². The highest BCUT2D eigenvalue weighted by Crippen LogP contribution is 2.30. The van der Waals surface area contributed by atoms with E-state index in [9.17, 15) is 0 Å². The van der Waals surface area contributed by atoms with Gasteiger partial charge < -0.3 is 5.32 Å². The Morgan fingerprint density at radius 3 is 3.00 bits per heavy atom. The summed E-state index contributed by atoms with van der Waals surface area (Å²) in [6.45, 7) is 2.11. The van der Waals surface area contributed by atoms with Gasteiger partial charge in [-0.05, 0) is 64.1 Å². The number of anilines is 1. The van der Waals surface area contributed by atoms with Gasteiger partial charge in [-0.15, -0.1) is 11.3 Å². The van der Waals surface area contributed by atoms with Crippen LogP contribution in [-0.2, 0) is 0 Å². The van der Waals surface area contributed by atoms with E-state index < -0.39 is 0 Å². The third-order valence-electron chi connectivity index (χ3n) is 3.12. The summed E-state index contributed by atoms with van der Waals surface area (Å²) < 4.78 is 2.21. The van der Waals surface area contributed by atoms with Crippen LogP contribution in [0.1, 0.15) is 18.5 Å². The average Bonchev–Trinajstić information content (AvgIpc) is 2.90. The SMILES string of the molecule is CC(Nc1cc(Cl)ccc1Br)c1cnc2ccsc2c1. The van der Waals surface area contributed by atoms with Gasteiger partial charge in [-0.2, -0.15) is 0 Å².